The summed E-state index contributed by atoms with van der Waals surface area (Å²) in [7, 11) is 3.07. The molecule has 0 radical (unpaired) electrons. The van der Waals surface area contributed by atoms with Crippen molar-refractivity contribution in [1.82, 2.24) is 5.43 Å². The Kier molecular flexibility index (Phi) is 5.14. The molecule has 0 fully saturated rings. The lowest BCUT2D eigenvalue weighted by Gasteiger charge is -2.08. The van der Waals surface area contributed by atoms with Gasteiger partial charge in [0.1, 0.15) is 11.5 Å². The van der Waals surface area contributed by atoms with Gasteiger partial charge in [0.15, 0.2) is 0 Å². The first kappa shape index (κ1) is 15.6. The van der Waals surface area contributed by atoms with Gasteiger partial charge in [0.05, 0.1) is 19.9 Å². The standard InChI is InChI=1S/C17H18N2O3/c1-12(13-7-5-4-6-8-13)18-19-17(20)14-9-15(21-2)11-16(10-14)22-3/h4-11H,1-3H3,(H,19,20)/b18-12+. The van der Waals surface area contributed by atoms with E-state index < -0.39 is 0 Å². The monoisotopic (exact) mass is 298 g/mol. The quantitative estimate of drug-likeness (QED) is 0.682. The second-order valence-corrected chi connectivity index (χ2v) is 4.61. The number of nitrogens with one attached hydrogen (secondary N) is 1. The summed E-state index contributed by atoms with van der Waals surface area (Å²) in [6, 6.07) is 14.6. The molecule has 0 saturated heterocycles. The van der Waals surface area contributed by atoms with E-state index in [2.05, 4.69) is 10.5 Å². The summed E-state index contributed by atoms with van der Waals surface area (Å²) in [5.41, 5.74) is 4.63. The van der Waals surface area contributed by atoms with Crippen molar-refractivity contribution in [1.29, 1.82) is 0 Å². The molecule has 0 aliphatic carbocycles. The molecule has 0 unspecified atom stereocenters. The minimum Gasteiger partial charge on any atom is -0.497 e. The zero-order valence-electron chi connectivity index (χ0n) is 12.8. The van der Waals surface area contributed by atoms with Crippen LogP contribution in [0.3, 0.4) is 0 Å². The van der Waals surface area contributed by atoms with Gasteiger partial charge in [-0.2, -0.15) is 5.10 Å². The van der Waals surface area contributed by atoms with Crippen molar-refractivity contribution in [3.05, 3.63) is 59.7 Å². The molecule has 0 atom stereocenters. The van der Waals surface area contributed by atoms with Crippen molar-refractivity contribution in [3.63, 3.8) is 0 Å². The van der Waals surface area contributed by atoms with Crippen molar-refractivity contribution >= 4 is 11.6 Å². The zero-order chi connectivity index (χ0) is 15.9. The fraction of sp³-hybridized carbons (Fsp3) is 0.176. The van der Waals surface area contributed by atoms with Gasteiger partial charge in [0.2, 0.25) is 0 Å². The van der Waals surface area contributed by atoms with Gasteiger partial charge in [-0.15, -0.1) is 0 Å². The van der Waals surface area contributed by atoms with E-state index >= 15 is 0 Å². The number of ether oxygens (including phenoxy) is 2. The summed E-state index contributed by atoms with van der Waals surface area (Å²) >= 11 is 0. The van der Waals surface area contributed by atoms with Gasteiger partial charge in [-0.3, -0.25) is 4.79 Å². The largest absolute Gasteiger partial charge is 0.497 e. The summed E-state index contributed by atoms with van der Waals surface area (Å²) in [5.74, 6) is 0.772. The summed E-state index contributed by atoms with van der Waals surface area (Å²) in [6.07, 6.45) is 0. The number of nitrogens with zero attached hydrogens (tertiary/aromatic N) is 1. The third-order valence-corrected chi connectivity index (χ3v) is 3.13. The first-order chi connectivity index (χ1) is 10.6. The van der Waals surface area contributed by atoms with Crippen LogP contribution in [0.25, 0.3) is 0 Å². The molecule has 22 heavy (non-hydrogen) atoms. The predicted octanol–water partition coefficient (Wildman–Crippen LogP) is 2.86. The van der Waals surface area contributed by atoms with E-state index in [0.29, 0.717) is 17.1 Å². The smallest absolute Gasteiger partial charge is 0.271 e. The molecule has 2 aromatic carbocycles. The molecule has 0 aliphatic rings. The van der Waals surface area contributed by atoms with Crippen LogP contribution < -0.4 is 14.9 Å². The Hall–Kier alpha value is -2.82. The molecule has 5 nitrogen and oxygen atoms in total. The van der Waals surface area contributed by atoms with E-state index in [-0.39, 0.29) is 5.91 Å². The van der Waals surface area contributed by atoms with Crippen LogP contribution in [0.1, 0.15) is 22.8 Å². The van der Waals surface area contributed by atoms with Gasteiger partial charge >= 0.3 is 0 Å². The van der Waals surface area contributed by atoms with Gasteiger partial charge in [-0.05, 0) is 24.6 Å². The molecule has 0 aliphatic heterocycles. The first-order valence-corrected chi connectivity index (χ1v) is 6.77. The number of carbonyl (C=O) groups excluding carboxylic acids is 1. The van der Waals surface area contributed by atoms with Crippen LogP contribution in [0.2, 0.25) is 0 Å². The topological polar surface area (TPSA) is 59.9 Å². The Balaban J connectivity index is 2.15. The lowest BCUT2D eigenvalue weighted by molar-refractivity contribution is 0.0954. The number of hydrazone groups is 1. The highest BCUT2D eigenvalue weighted by molar-refractivity contribution is 6.01. The maximum absolute atomic E-state index is 12.2. The molecule has 2 aromatic rings. The Morgan fingerprint density at radius 2 is 1.55 bits per heavy atom. The van der Waals surface area contributed by atoms with E-state index in [1.165, 1.54) is 14.2 Å². The molecular formula is C17H18N2O3. The van der Waals surface area contributed by atoms with Crippen LogP contribution in [0.5, 0.6) is 11.5 Å². The summed E-state index contributed by atoms with van der Waals surface area (Å²) < 4.78 is 10.3. The van der Waals surface area contributed by atoms with Crippen molar-refractivity contribution in [3.8, 4) is 11.5 Å². The predicted molar refractivity (Wildman–Crippen MR) is 85.7 cm³/mol. The van der Waals surface area contributed by atoms with Crippen molar-refractivity contribution < 1.29 is 14.3 Å². The van der Waals surface area contributed by atoms with E-state index in [0.717, 1.165) is 11.3 Å². The number of rotatable bonds is 5. The molecule has 2 rings (SSSR count). The summed E-state index contributed by atoms with van der Waals surface area (Å²) in [5, 5.41) is 4.12. The van der Waals surface area contributed by atoms with Crippen LogP contribution in [0, 0.1) is 0 Å². The number of amides is 1. The fourth-order valence-electron chi connectivity index (χ4n) is 1.88. The number of benzene rings is 2. The van der Waals surface area contributed by atoms with Crippen LogP contribution >= 0.6 is 0 Å². The van der Waals surface area contributed by atoms with Gasteiger partial charge in [-0.1, -0.05) is 30.3 Å². The number of methoxy groups -OCH3 is 2. The first-order valence-electron chi connectivity index (χ1n) is 6.77. The Bertz CT molecular complexity index is 659. The average molecular weight is 298 g/mol. The molecule has 0 spiro atoms. The molecule has 1 N–H and O–H groups in total. The van der Waals surface area contributed by atoms with Crippen molar-refractivity contribution in [2.45, 2.75) is 6.92 Å². The lowest BCUT2D eigenvalue weighted by atomic mass is 10.1. The lowest BCUT2D eigenvalue weighted by Crippen LogP contribution is -2.19. The fourth-order valence-corrected chi connectivity index (χ4v) is 1.88. The molecule has 0 saturated carbocycles. The van der Waals surface area contributed by atoms with Crippen LogP contribution in [-0.4, -0.2) is 25.8 Å². The maximum Gasteiger partial charge on any atom is 0.271 e. The molecule has 0 aromatic heterocycles. The summed E-state index contributed by atoms with van der Waals surface area (Å²) in [4.78, 5) is 12.2. The molecule has 0 bridgehead atoms. The summed E-state index contributed by atoms with van der Waals surface area (Å²) in [6.45, 7) is 1.84. The maximum atomic E-state index is 12.2. The second kappa shape index (κ2) is 7.26. The Labute approximate surface area is 129 Å². The third-order valence-electron chi connectivity index (χ3n) is 3.13. The Morgan fingerprint density at radius 1 is 0.955 bits per heavy atom. The Morgan fingerprint density at radius 3 is 2.09 bits per heavy atom. The number of hydrogen-bond acceptors (Lipinski definition) is 4. The van der Waals surface area contributed by atoms with E-state index in [1.54, 1.807) is 18.2 Å². The average Bonchev–Trinajstić information content (AvgIpc) is 2.59. The van der Waals surface area contributed by atoms with Gasteiger partial charge in [0, 0.05) is 11.6 Å². The highest BCUT2D eigenvalue weighted by atomic mass is 16.5. The minimum atomic E-state index is -0.326. The van der Waals surface area contributed by atoms with Crippen molar-refractivity contribution in [2.24, 2.45) is 5.10 Å². The number of carbonyl (C=O) groups is 1. The minimum absolute atomic E-state index is 0.326. The molecule has 1 amide bonds. The van der Waals surface area contributed by atoms with Crippen LogP contribution in [0.4, 0.5) is 0 Å². The van der Waals surface area contributed by atoms with Crippen LogP contribution in [-0.2, 0) is 0 Å². The molecule has 5 heteroatoms. The van der Waals surface area contributed by atoms with Crippen molar-refractivity contribution in [2.75, 3.05) is 14.2 Å². The SMILES string of the molecule is COc1cc(OC)cc(C(=O)N/N=C(\C)c2ccccc2)c1. The molecule has 0 heterocycles. The normalized spacial score (nSPS) is 11.0. The zero-order valence-corrected chi connectivity index (χ0v) is 12.8. The van der Waals surface area contributed by atoms with E-state index in [9.17, 15) is 4.79 Å². The molecular weight excluding hydrogens is 280 g/mol. The van der Waals surface area contributed by atoms with Gasteiger partial charge in [-0.25, -0.2) is 5.43 Å². The highest BCUT2D eigenvalue weighted by Crippen LogP contribution is 2.22. The van der Waals surface area contributed by atoms with Gasteiger partial charge in [0.25, 0.3) is 5.91 Å². The van der Waals surface area contributed by atoms with Crippen LogP contribution in [0.15, 0.2) is 53.6 Å². The van der Waals surface area contributed by atoms with E-state index in [4.69, 9.17) is 9.47 Å². The number of hydrogen-bond donors (Lipinski definition) is 1. The van der Waals surface area contributed by atoms with E-state index in [1.807, 2.05) is 37.3 Å². The second-order valence-electron chi connectivity index (χ2n) is 4.61. The third kappa shape index (κ3) is 3.85. The molecule has 114 valence electrons. The van der Waals surface area contributed by atoms with Gasteiger partial charge < -0.3 is 9.47 Å². The highest BCUT2D eigenvalue weighted by Gasteiger charge is 2.09.